The van der Waals surface area contributed by atoms with Gasteiger partial charge in [-0.25, -0.2) is 4.79 Å². The lowest BCUT2D eigenvalue weighted by Gasteiger charge is -2.17. The molecule has 2 aromatic carbocycles. The van der Waals surface area contributed by atoms with Gasteiger partial charge in [0.25, 0.3) is 0 Å². The first-order valence-electron chi connectivity index (χ1n) is 6.48. The molecule has 20 heavy (non-hydrogen) atoms. The summed E-state index contributed by atoms with van der Waals surface area (Å²) in [5.41, 5.74) is 2.24. The van der Waals surface area contributed by atoms with E-state index in [-0.39, 0.29) is 5.92 Å². The van der Waals surface area contributed by atoms with Crippen LogP contribution in [0.4, 0.5) is 0 Å². The minimum Gasteiger partial charge on any atom is -0.459 e. The molecule has 0 saturated heterocycles. The largest absolute Gasteiger partial charge is 0.459 e. The molecule has 0 radical (unpaired) electrons. The smallest absolute Gasteiger partial charge is 0.377 e. The molecule has 3 rings (SSSR count). The summed E-state index contributed by atoms with van der Waals surface area (Å²) in [7, 11) is 0. The molecular weight excluding hydrogens is 252 g/mol. The van der Waals surface area contributed by atoms with E-state index in [4.69, 9.17) is 9.47 Å². The molecule has 0 bridgehead atoms. The van der Waals surface area contributed by atoms with Gasteiger partial charge in [0.15, 0.2) is 0 Å². The van der Waals surface area contributed by atoms with Crippen LogP contribution in [0.15, 0.2) is 72.7 Å². The third-order valence-electron chi connectivity index (χ3n) is 3.22. The van der Waals surface area contributed by atoms with Gasteiger partial charge in [0, 0.05) is 5.92 Å². The van der Waals surface area contributed by atoms with Gasteiger partial charge in [-0.1, -0.05) is 60.7 Å². The topological polar surface area (TPSA) is 38.8 Å². The Morgan fingerprint density at radius 2 is 1.45 bits per heavy atom. The van der Waals surface area contributed by atoms with E-state index in [1.807, 2.05) is 60.7 Å². The van der Waals surface area contributed by atoms with Crippen molar-refractivity contribution >= 4 is 5.97 Å². The van der Waals surface area contributed by atoms with Gasteiger partial charge in [0.05, 0.1) is 0 Å². The zero-order chi connectivity index (χ0) is 13.8. The monoisotopic (exact) mass is 266 g/mol. The maximum absolute atomic E-state index is 11.6. The van der Waals surface area contributed by atoms with Gasteiger partial charge in [0.2, 0.25) is 5.76 Å². The molecule has 1 heterocycles. The molecular formula is C17H14O3. The number of esters is 1. The molecule has 3 heteroatoms. The van der Waals surface area contributed by atoms with Crippen LogP contribution in [-0.4, -0.2) is 12.6 Å². The normalized spacial score (nSPS) is 12.6. The Labute approximate surface area is 117 Å². The number of hydrogen-bond acceptors (Lipinski definition) is 3. The average molecular weight is 266 g/mol. The fourth-order valence-electron chi connectivity index (χ4n) is 2.11. The highest BCUT2D eigenvalue weighted by atomic mass is 16.6. The van der Waals surface area contributed by atoms with Crippen LogP contribution in [-0.2, 0) is 14.3 Å². The van der Waals surface area contributed by atoms with Gasteiger partial charge >= 0.3 is 5.97 Å². The second-order valence-electron chi connectivity index (χ2n) is 4.57. The van der Waals surface area contributed by atoms with Crippen molar-refractivity contribution in [1.82, 2.24) is 0 Å². The summed E-state index contributed by atoms with van der Waals surface area (Å²) in [5, 5.41) is 0. The Hall–Kier alpha value is -2.55. The van der Waals surface area contributed by atoms with Crippen LogP contribution < -0.4 is 0 Å². The predicted octanol–water partition coefficient (Wildman–Crippen LogP) is 3.23. The summed E-state index contributed by atoms with van der Waals surface area (Å²) in [5.74, 6) is -0.0764. The van der Waals surface area contributed by atoms with E-state index < -0.39 is 5.97 Å². The zero-order valence-electron chi connectivity index (χ0n) is 10.9. The minimum absolute atomic E-state index is 0.0284. The van der Waals surface area contributed by atoms with Crippen LogP contribution >= 0.6 is 0 Å². The number of benzene rings is 2. The molecule has 0 atom stereocenters. The predicted molar refractivity (Wildman–Crippen MR) is 74.9 cm³/mol. The Bertz CT molecular complexity index is 578. The van der Waals surface area contributed by atoms with Crippen molar-refractivity contribution in [2.75, 3.05) is 6.61 Å². The summed E-state index contributed by atoms with van der Waals surface area (Å²) in [6, 6.07) is 20.0. The highest BCUT2D eigenvalue weighted by molar-refractivity contribution is 5.88. The van der Waals surface area contributed by atoms with Gasteiger partial charge in [-0.3, -0.25) is 0 Å². The summed E-state index contributed by atoms with van der Waals surface area (Å²) in [6.45, 7) is 0.299. The van der Waals surface area contributed by atoms with Crippen molar-refractivity contribution in [2.45, 2.75) is 5.92 Å². The van der Waals surface area contributed by atoms with Crippen LogP contribution in [0, 0.1) is 0 Å². The molecule has 1 aliphatic rings. The molecule has 100 valence electrons. The molecule has 0 amide bonds. The first kappa shape index (κ1) is 12.5. The number of carbonyl (C=O) groups is 1. The van der Waals surface area contributed by atoms with E-state index >= 15 is 0 Å². The Kier molecular flexibility index (Phi) is 3.50. The minimum atomic E-state index is -0.401. The molecule has 3 nitrogen and oxygen atoms in total. The molecule has 0 aromatic heterocycles. The lowest BCUT2D eigenvalue weighted by atomic mass is 9.92. The molecule has 0 spiro atoms. The molecule has 1 aliphatic heterocycles. The second-order valence-corrected chi connectivity index (χ2v) is 4.57. The third kappa shape index (κ3) is 2.88. The Balaban J connectivity index is 1.80. The van der Waals surface area contributed by atoms with Gasteiger partial charge in [-0.15, -0.1) is 0 Å². The number of rotatable bonds is 5. The van der Waals surface area contributed by atoms with Crippen LogP contribution in [0.1, 0.15) is 17.0 Å². The van der Waals surface area contributed by atoms with Crippen molar-refractivity contribution < 1.29 is 14.3 Å². The average Bonchev–Trinajstić information content (AvgIpc) is 3.34. The van der Waals surface area contributed by atoms with Gasteiger partial charge in [-0.05, 0) is 11.1 Å². The van der Waals surface area contributed by atoms with Crippen molar-refractivity contribution in [3.8, 4) is 0 Å². The summed E-state index contributed by atoms with van der Waals surface area (Å²) in [6.07, 6.45) is 1.39. The first-order chi connectivity index (χ1) is 9.84. The molecule has 0 fully saturated rings. The number of hydrogen-bond donors (Lipinski definition) is 0. The molecule has 2 aromatic rings. The highest BCUT2D eigenvalue weighted by Crippen LogP contribution is 2.25. The molecule has 0 saturated carbocycles. The van der Waals surface area contributed by atoms with E-state index in [0.29, 0.717) is 12.4 Å². The van der Waals surface area contributed by atoms with E-state index in [1.165, 1.54) is 6.26 Å². The summed E-state index contributed by atoms with van der Waals surface area (Å²) < 4.78 is 10.0. The van der Waals surface area contributed by atoms with Crippen molar-refractivity contribution in [1.29, 1.82) is 0 Å². The summed E-state index contributed by atoms with van der Waals surface area (Å²) >= 11 is 0. The fourth-order valence-corrected chi connectivity index (χ4v) is 2.11. The van der Waals surface area contributed by atoms with Gasteiger partial charge < -0.3 is 9.47 Å². The zero-order valence-corrected chi connectivity index (χ0v) is 10.9. The van der Waals surface area contributed by atoms with Crippen LogP contribution in [0.5, 0.6) is 0 Å². The van der Waals surface area contributed by atoms with Gasteiger partial charge in [0.1, 0.15) is 12.9 Å². The van der Waals surface area contributed by atoms with E-state index in [1.54, 1.807) is 0 Å². The van der Waals surface area contributed by atoms with E-state index in [2.05, 4.69) is 0 Å². The summed E-state index contributed by atoms with van der Waals surface area (Å²) in [4.78, 5) is 11.6. The molecule has 0 aliphatic carbocycles. The Morgan fingerprint density at radius 3 is 1.90 bits per heavy atom. The van der Waals surface area contributed by atoms with Crippen LogP contribution in [0.25, 0.3) is 0 Å². The Morgan fingerprint density at radius 1 is 0.950 bits per heavy atom. The third-order valence-corrected chi connectivity index (χ3v) is 3.22. The highest BCUT2D eigenvalue weighted by Gasteiger charge is 2.24. The van der Waals surface area contributed by atoms with Gasteiger partial charge in [-0.2, -0.15) is 0 Å². The number of ether oxygens (including phenoxy) is 2. The lowest BCUT2D eigenvalue weighted by molar-refractivity contribution is -0.140. The quantitative estimate of drug-likeness (QED) is 0.780. The second kappa shape index (κ2) is 5.61. The van der Waals surface area contributed by atoms with E-state index in [0.717, 1.165) is 11.1 Å². The van der Waals surface area contributed by atoms with Crippen molar-refractivity contribution in [3.63, 3.8) is 0 Å². The number of carbonyl (C=O) groups excluding carboxylic acids is 1. The molecule has 0 unspecified atom stereocenters. The van der Waals surface area contributed by atoms with Crippen molar-refractivity contribution in [2.24, 2.45) is 0 Å². The van der Waals surface area contributed by atoms with E-state index in [9.17, 15) is 4.79 Å². The first-order valence-corrected chi connectivity index (χ1v) is 6.48. The lowest BCUT2D eigenvalue weighted by Crippen LogP contribution is -2.13. The standard InChI is InChI=1S/C17H14O3/c18-17(16-12-19-16)20-11-15(13-7-3-1-4-8-13)14-9-5-2-6-10-14/h1-10,12,15H,11H2. The maximum Gasteiger partial charge on any atom is 0.377 e. The van der Waals surface area contributed by atoms with Crippen LogP contribution in [0.2, 0.25) is 0 Å². The fraction of sp³-hybridized carbons (Fsp3) is 0.118. The van der Waals surface area contributed by atoms with Crippen molar-refractivity contribution in [3.05, 3.63) is 83.8 Å². The van der Waals surface area contributed by atoms with Crippen LogP contribution in [0.3, 0.4) is 0 Å². The SMILES string of the molecule is O=C(OCC(c1ccccc1)c1ccccc1)C1=CO1. The maximum atomic E-state index is 11.6. The molecule has 0 N–H and O–H groups in total.